The van der Waals surface area contributed by atoms with Crippen LogP contribution >= 0.6 is 0 Å². The van der Waals surface area contributed by atoms with Gasteiger partial charge in [0.1, 0.15) is 11.6 Å². The first-order valence-electron chi connectivity index (χ1n) is 6.43. The zero-order valence-corrected chi connectivity index (χ0v) is 12.1. The van der Waals surface area contributed by atoms with Crippen LogP contribution in [-0.4, -0.2) is 5.91 Å². The second-order valence-electron chi connectivity index (χ2n) is 5.08. The molecule has 5 heteroatoms. The molecule has 0 bridgehead atoms. The lowest BCUT2D eigenvalue weighted by Gasteiger charge is -2.12. The number of nitrogens with two attached hydrogens (primary N) is 1. The van der Waals surface area contributed by atoms with Gasteiger partial charge in [-0.3, -0.25) is 4.79 Å². The van der Waals surface area contributed by atoms with E-state index in [9.17, 15) is 13.6 Å². The Labute approximate surface area is 121 Å². The molecule has 110 valence electrons. The molecule has 3 N–H and O–H groups in total. The molecule has 0 aliphatic rings. The van der Waals surface area contributed by atoms with Crippen molar-refractivity contribution in [2.24, 2.45) is 0 Å². The number of carbonyl (C=O) groups excluding carboxylic acids is 1. The standard InChI is InChI=1S/C16H16F2N2O/c1-8-4-9(2)15(10(3)5-8)16(21)20-14-7-13(19)11(17)6-12(14)18/h4-7H,19H2,1-3H3,(H,20,21). The van der Waals surface area contributed by atoms with E-state index in [4.69, 9.17) is 5.73 Å². The maximum absolute atomic E-state index is 13.7. The topological polar surface area (TPSA) is 55.1 Å². The van der Waals surface area contributed by atoms with E-state index in [1.54, 1.807) is 0 Å². The summed E-state index contributed by atoms with van der Waals surface area (Å²) in [5.41, 5.74) is 8.13. The summed E-state index contributed by atoms with van der Waals surface area (Å²) in [6, 6.07) is 5.47. The third-order valence-electron chi connectivity index (χ3n) is 3.24. The first-order chi connectivity index (χ1) is 9.79. The summed E-state index contributed by atoms with van der Waals surface area (Å²) in [7, 11) is 0. The van der Waals surface area contributed by atoms with E-state index in [2.05, 4.69) is 5.32 Å². The average molecular weight is 290 g/mol. The minimum absolute atomic E-state index is 0.140. The van der Waals surface area contributed by atoms with Crippen LogP contribution in [0.3, 0.4) is 0 Å². The number of nitrogens with one attached hydrogen (secondary N) is 1. The number of aryl methyl sites for hydroxylation is 3. The van der Waals surface area contributed by atoms with Gasteiger partial charge in [-0.2, -0.15) is 0 Å². The molecular weight excluding hydrogens is 274 g/mol. The van der Waals surface area contributed by atoms with Gasteiger partial charge in [0.25, 0.3) is 5.91 Å². The van der Waals surface area contributed by atoms with Crippen molar-refractivity contribution >= 4 is 17.3 Å². The number of hydrogen-bond acceptors (Lipinski definition) is 2. The van der Waals surface area contributed by atoms with Crippen LogP contribution in [0.2, 0.25) is 0 Å². The van der Waals surface area contributed by atoms with E-state index in [-0.39, 0.29) is 11.4 Å². The minimum atomic E-state index is -0.863. The molecule has 1 amide bonds. The predicted molar refractivity (Wildman–Crippen MR) is 79.4 cm³/mol. The molecule has 2 rings (SSSR count). The quantitative estimate of drug-likeness (QED) is 0.828. The highest BCUT2D eigenvalue weighted by atomic mass is 19.1. The number of nitrogen functional groups attached to an aromatic ring is 1. The third-order valence-corrected chi connectivity index (χ3v) is 3.24. The summed E-state index contributed by atoms with van der Waals surface area (Å²) in [6.45, 7) is 5.55. The Hall–Kier alpha value is -2.43. The number of halogens is 2. The molecule has 0 fully saturated rings. The maximum atomic E-state index is 13.7. The average Bonchev–Trinajstić information content (AvgIpc) is 2.34. The number of carbonyl (C=O) groups is 1. The fourth-order valence-electron chi connectivity index (χ4n) is 2.38. The van der Waals surface area contributed by atoms with Gasteiger partial charge >= 0.3 is 0 Å². The lowest BCUT2D eigenvalue weighted by molar-refractivity contribution is 0.102. The zero-order valence-electron chi connectivity index (χ0n) is 12.1. The van der Waals surface area contributed by atoms with Gasteiger partial charge in [0.15, 0.2) is 0 Å². The summed E-state index contributed by atoms with van der Waals surface area (Å²) in [5.74, 6) is -2.17. The van der Waals surface area contributed by atoms with Crippen LogP contribution < -0.4 is 11.1 Å². The van der Waals surface area contributed by atoms with E-state index in [0.717, 1.165) is 22.8 Å². The molecule has 3 nitrogen and oxygen atoms in total. The van der Waals surface area contributed by atoms with E-state index < -0.39 is 17.5 Å². The SMILES string of the molecule is Cc1cc(C)c(C(=O)Nc2cc(N)c(F)cc2F)c(C)c1. The van der Waals surface area contributed by atoms with Gasteiger partial charge in [-0.05, 0) is 38.0 Å². The monoisotopic (exact) mass is 290 g/mol. The van der Waals surface area contributed by atoms with Gasteiger partial charge in [-0.1, -0.05) is 17.7 Å². The van der Waals surface area contributed by atoms with Crippen molar-refractivity contribution < 1.29 is 13.6 Å². The first kappa shape index (κ1) is 15.0. The number of hydrogen-bond donors (Lipinski definition) is 2. The number of benzene rings is 2. The summed E-state index contributed by atoms with van der Waals surface area (Å²) in [6.07, 6.45) is 0. The van der Waals surface area contributed by atoms with Crippen LogP contribution in [0.25, 0.3) is 0 Å². The third kappa shape index (κ3) is 3.02. The van der Waals surface area contributed by atoms with Crippen molar-refractivity contribution in [3.8, 4) is 0 Å². The molecule has 0 saturated heterocycles. The second kappa shape index (κ2) is 5.52. The molecule has 0 aliphatic carbocycles. The molecular formula is C16H16F2N2O. The van der Waals surface area contributed by atoms with Crippen LogP contribution in [0.1, 0.15) is 27.0 Å². The molecule has 0 aliphatic heterocycles. The smallest absolute Gasteiger partial charge is 0.256 e. The number of rotatable bonds is 2. The van der Waals surface area contributed by atoms with Gasteiger partial charge in [-0.25, -0.2) is 8.78 Å². The number of anilines is 2. The van der Waals surface area contributed by atoms with Crippen molar-refractivity contribution in [1.82, 2.24) is 0 Å². The van der Waals surface area contributed by atoms with Crippen molar-refractivity contribution in [3.63, 3.8) is 0 Å². The van der Waals surface area contributed by atoms with Gasteiger partial charge in [0.05, 0.1) is 11.4 Å². The first-order valence-corrected chi connectivity index (χ1v) is 6.43. The van der Waals surface area contributed by atoms with Crippen LogP contribution in [0, 0.1) is 32.4 Å². The van der Waals surface area contributed by atoms with Crippen molar-refractivity contribution in [2.75, 3.05) is 11.1 Å². The van der Waals surface area contributed by atoms with Gasteiger partial charge in [0, 0.05) is 11.6 Å². The summed E-state index contributed by atoms with van der Waals surface area (Å²) >= 11 is 0. The Balaban J connectivity index is 2.37. The fraction of sp³-hybridized carbons (Fsp3) is 0.188. The Morgan fingerprint density at radius 1 is 1.00 bits per heavy atom. The van der Waals surface area contributed by atoms with Crippen LogP contribution in [-0.2, 0) is 0 Å². The Morgan fingerprint density at radius 2 is 1.57 bits per heavy atom. The Morgan fingerprint density at radius 3 is 2.14 bits per heavy atom. The van der Waals surface area contributed by atoms with Gasteiger partial charge in [0.2, 0.25) is 0 Å². The van der Waals surface area contributed by atoms with Crippen LogP contribution in [0.15, 0.2) is 24.3 Å². The molecule has 2 aromatic carbocycles. The van der Waals surface area contributed by atoms with E-state index in [1.165, 1.54) is 0 Å². The second-order valence-corrected chi connectivity index (χ2v) is 5.08. The normalized spacial score (nSPS) is 10.5. The molecule has 0 spiro atoms. The Bertz CT molecular complexity index is 703. The highest BCUT2D eigenvalue weighted by molar-refractivity contribution is 6.06. The van der Waals surface area contributed by atoms with Crippen molar-refractivity contribution in [2.45, 2.75) is 20.8 Å². The van der Waals surface area contributed by atoms with Crippen LogP contribution in [0.5, 0.6) is 0 Å². The molecule has 0 aromatic heterocycles. The fourth-order valence-corrected chi connectivity index (χ4v) is 2.38. The van der Waals surface area contributed by atoms with E-state index in [0.29, 0.717) is 11.6 Å². The summed E-state index contributed by atoms with van der Waals surface area (Å²) in [4.78, 5) is 12.3. The molecule has 0 radical (unpaired) electrons. The van der Waals surface area contributed by atoms with E-state index in [1.807, 2.05) is 32.9 Å². The summed E-state index contributed by atoms with van der Waals surface area (Å²) in [5, 5.41) is 2.44. The van der Waals surface area contributed by atoms with Gasteiger partial charge < -0.3 is 11.1 Å². The molecule has 0 unspecified atom stereocenters. The Kier molecular flexibility index (Phi) is 3.93. The summed E-state index contributed by atoms with van der Waals surface area (Å²) < 4.78 is 26.8. The highest BCUT2D eigenvalue weighted by Gasteiger charge is 2.16. The molecule has 0 atom stereocenters. The van der Waals surface area contributed by atoms with Crippen molar-refractivity contribution in [1.29, 1.82) is 0 Å². The molecule has 0 heterocycles. The van der Waals surface area contributed by atoms with Gasteiger partial charge in [-0.15, -0.1) is 0 Å². The lowest BCUT2D eigenvalue weighted by Crippen LogP contribution is -2.16. The largest absolute Gasteiger partial charge is 0.396 e. The van der Waals surface area contributed by atoms with E-state index >= 15 is 0 Å². The lowest BCUT2D eigenvalue weighted by atomic mass is 9.99. The maximum Gasteiger partial charge on any atom is 0.256 e. The predicted octanol–water partition coefficient (Wildman–Crippen LogP) is 3.72. The molecule has 2 aromatic rings. The van der Waals surface area contributed by atoms with Crippen molar-refractivity contribution in [3.05, 3.63) is 58.2 Å². The molecule has 21 heavy (non-hydrogen) atoms. The molecule has 0 saturated carbocycles. The highest BCUT2D eigenvalue weighted by Crippen LogP contribution is 2.23. The minimum Gasteiger partial charge on any atom is -0.396 e. The zero-order chi connectivity index (χ0) is 15.7. The number of amides is 1. The van der Waals surface area contributed by atoms with Crippen LogP contribution in [0.4, 0.5) is 20.2 Å².